The van der Waals surface area contributed by atoms with E-state index in [1.807, 2.05) is 0 Å². The highest BCUT2D eigenvalue weighted by molar-refractivity contribution is 8.00. The molecule has 0 radical (unpaired) electrons. The van der Waals surface area contributed by atoms with Crippen LogP contribution >= 0.6 is 23.4 Å². The van der Waals surface area contributed by atoms with E-state index in [0.717, 1.165) is 6.42 Å². The summed E-state index contributed by atoms with van der Waals surface area (Å²) in [6.07, 6.45) is 0.776. The van der Waals surface area contributed by atoms with Gasteiger partial charge in [0.25, 0.3) is 0 Å². The van der Waals surface area contributed by atoms with Gasteiger partial charge < -0.3 is 9.64 Å². The van der Waals surface area contributed by atoms with Gasteiger partial charge in [-0.1, -0.05) is 17.7 Å². The summed E-state index contributed by atoms with van der Waals surface area (Å²) in [6, 6.07) is 4.39. The van der Waals surface area contributed by atoms with Gasteiger partial charge in [0, 0.05) is 28.9 Å². The smallest absolute Gasteiger partial charge is 0.315 e. The van der Waals surface area contributed by atoms with Gasteiger partial charge in [-0.05, 0) is 18.6 Å². The minimum atomic E-state index is -0.461. The molecule has 4 nitrogen and oxygen atoms in total. The largest absolute Gasteiger partial charge is 0.468 e. The molecule has 1 saturated heterocycles. The average Bonchev–Trinajstić information content (AvgIpc) is 2.97. The molecule has 0 aliphatic carbocycles. The van der Waals surface area contributed by atoms with Crippen molar-refractivity contribution in [3.63, 3.8) is 0 Å². The van der Waals surface area contributed by atoms with Crippen LogP contribution in [0, 0.1) is 5.82 Å². The van der Waals surface area contributed by atoms with Crippen LogP contribution in [-0.4, -0.2) is 48.0 Å². The van der Waals surface area contributed by atoms with Gasteiger partial charge in [0.2, 0.25) is 5.91 Å². The third-order valence-electron chi connectivity index (χ3n) is 3.55. The van der Waals surface area contributed by atoms with E-state index in [-0.39, 0.29) is 39.9 Å². The first kappa shape index (κ1) is 17.1. The fraction of sp³-hybridized carbons (Fsp3) is 0.467. The van der Waals surface area contributed by atoms with Crippen LogP contribution in [0.25, 0.3) is 0 Å². The molecule has 1 amide bonds. The molecule has 0 saturated carbocycles. The number of thioether (sulfide) groups is 1. The molecule has 120 valence electrons. The first-order chi connectivity index (χ1) is 10.5. The summed E-state index contributed by atoms with van der Waals surface area (Å²) >= 11 is 7.43. The Hall–Kier alpha value is -1.27. The monoisotopic (exact) mass is 345 g/mol. The molecule has 1 heterocycles. The number of carbonyl (C=O) groups excluding carboxylic acids is 2. The number of hydrogen-bond acceptors (Lipinski definition) is 4. The second-order valence-electron chi connectivity index (χ2n) is 5.01. The van der Waals surface area contributed by atoms with Crippen LogP contribution in [0.15, 0.2) is 18.2 Å². The lowest BCUT2D eigenvalue weighted by Crippen LogP contribution is -2.31. The summed E-state index contributed by atoms with van der Waals surface area (Å²) in [7, 11) is 1.35. The summed E-state index contributed by atoms with van der Waals surface area (Å²) in [5, 5.41) is 0.475. The molecule has 1 aliphatic rings. The number of hydrogen-bond donors (Lipinski definition) is 0. The Morgan fingerprint density at radius 3 is 2.95 bits per heavy atom. The summed E-state index contributed by atoms with van der Waals surface area (Å²) < 4.78 is 18.3. The Labute approximate surface area is 137 Å². The van der Waals surface area contributed by atoms with Crippen molar-refractivity contribution in [2.45, 2.75) is 18.1 Å². The number of ether oxygens (including phenoxy) is 1. The van der Waals surface area contributed by atoms with Gasteiger partial charge in [0.15, 0.2) is 0 Å². The van der Waals surface area contributed by atoms with Crippen molar-refractivity contribution in [2.75, 3.05) is 26.0 Å². The fourth-order valence-electron chi connectivity index (χ4n) is 2.30. The highest BCUT2D eigenvalue weighted by atomic mass is 35.5. The molecule has 1 aliphatic heterocycles. The minimum absolute atomic E-state index is 0.0418. The number of esters is 1. The molecular weight excluding hydrogens is 329 g/mol. The number of methoxy groups -OCH3 is 1. The number of likely N-dealkylation sites (tertiary alicyclic amines) is 1. The standard InChI is InChI=1S/C15H17ClFNO3S/c1-21-15(20)9-22-10-5-6-18(8-10)14(19)7-11-12(16)3-2-4-13(11)17/h2-4,10H,5-9H2,1H3/t10-/m1/s1. The molecule has 2 rings (SSSR count). The molecule has 0 unspecified atom stereocenters. The first-order valence-corrected chi connectivity index (χ1v) is 8.33. The van der Waals surface area contributed by atoms with Crippen molar-refractivity contribution in [1.29, 1.82) is 0 Å². The Kier molecular flexibility index (Phi) is 6.08. The lowest BCUT2D eigenvalue weighted by Gasteiger charge is -2.17. The average molecular weight is 346 g/mol. The van der Waals surface area contributed by atoms with Crippen LogP contribution in [0.4, 0.5) is 4.39 Å². The predicted octanol–water partition coefficient (Wildman–Crippen LogP) is 2.53. The van der Waals surface area contributed by atoms with E-state index in [1.165, 1.54) is 31.0 Å². The van der Waals surface area contributed by atoms with Crippen molar-refractivity contribution in [3.05, 3.63) is 34.6 Å². The maximum Gasteiger partial charge on any atom is 0.315 e. The fourth-order valence-corrected chi connectivity index (χ4v) is 3.58. The van der Waals surface area contributed by atoms with Gasteiger partial charge in [-0.2, -0.15) is 0 Å². The van der Waals surface area contributed by atoms with Gasteiger partial charge in [0.1, 0.15) is 5.82 Å². The van der Waals surface area contributed by atoms with Crippen molar-refractivity contribution >= 4 is 35.2 Å². The molecule has 0 bridgehead atoms. The highest BCUT2D eigenvalue weighted by Gasteiger charge is 2.27. The Bertz CT molecular complexity index is 549. The molecule has 0 N–H and O–H groups in total. The second kappa shape index (κ2) is 7.83. The van der Waals surface area contributed by atoms with Crippen LogP contribution in [0.1, 0.15) is 12.0 Å². The molecule has 0 aromatic heterocycles. The van der Waals surface area contributed by atoms with E-state index >= 15 is 0 Å². The van der Waals surface area contributed by atoms with Crippen LogP contribution in [0.3, 0.4) is 0 Å². The van der Waals surface area contributed by atoms with Crippen molar-refractivity contribution < 1.29 is 18.7 Å². The molecule has 22 heavy (non-hydrogen) atoms. The van der Waals surface area contributed by atoms with E-state index in [9.17, 15) is 14.0 Å². The van der Waals surface area contributed by atoms with Crippen molar-refractivity contribution in [1.82, 2.24) is 4.90 Å². The molecule has 1 fully saturated rings. The number of benzene rings is 1. The van der Waals surface area contributed by atoms with Gasteiger partial charge in [-0.3, -0.25) is 9.59 Å². The minimum Gasteiger partial charge on any atom is -0.468 e. The third kappa shape index (κ3) is 4.36. The zero-order chi connectivity index (χ0) is 16.1. The van der Waals surface area contributed by atoms with Gasteiger partial charge in [-0.15, -0.1) is 11.8 Å². The molecule has 1 aromatic carbocycles. The van der Waals surface area contributed by atoms with E-state index in [4.69, 9.17) is 11.6 Å². The Balaban J connectivity index is 1.88. The molecule has 0 spiro atoms. The van der Waals surface area contributed by atoms with Gasteiger partial charge in [0.05, 0.1) is 19.3 Å². The van der Waals surface area contributed by atoms with Gasteiger partial charge >= 0.3 is 5.97 Å². The van der Waals surface area contributed by atoms with Crippen LogP contribution < -0.4 is 0 Å². The number of halogens is 2. The van der Waals surface area contributed by atoms with Crippen LogP contribution in [-0.2, 0) is 20.7 Å². The zero-order valence-corrected chi connectivity index (χ0v) is 13.8. The number of rotatable bonds is 5. The first-order valence-electron chi connectivity index (χ1n) is 6.90. The van der Waals surface area contributed by atoms with E-state index in [1.54, 1.807) is 11.0 Å². The van der Waals surface area contributed by atoms with Gasteiger partial charge in [-0.25, -0.2) is 4.39 Å². The SMILES string of the molecule is COC(=O)CS[C@@H]1CCN(C(=O)Cc2c(F)cccc2Cl)C1. The molecule has 7 heteroatoms. The van der Waals surface area contributed by atoms with Crippen molar-refractivity contribution in [3.8, 4) is 0 Å². The van der Waals surface area contributed by atoms with Crippen LogP contribution in [0.2, 0.25) is 5.02 Å². The number of carbonyl (C=O) groups is 2. The second-order valence-corrected chi connectivity index (χ2v) is 6.71. The maximum absolute atomic E-state index is 13.7. The lowest BCUT2D eigenvalue weighted by molar-refractivity contribution is -0.137. The van der Waals surface area contributed by atoms with E-state index < -0.39 is 5.82 Å². The number of amides is 1. The quantitative estimate of drug-likeness (QED) is 0.769. The third-order valence-corrected chi connectivity index (χ3v) is 5.16. The summed E-state index contributed by atoms with van der Waals surface area (Å²) in [5.41, 5.74) is 0.236. The normalized spacial score (nSPS) is 17.6. The number of nitrogens with zero attached hydrogens (tertiary/aromatic N) is 1. The lowest BCUT2D eigenvalue weighted by atomic mass is 10.1. The van der Waals surface area contributed by atoms with E-state index in [2.05, 4.69) is 4.74 Å². The molecule has 1 aromatic rings. The topological polar surface area (TPSA) is 46.6 Å². The van der Waals surface area contributed by atoms with Crippen molar-refractivity contribution in [2.24, 2.45) is 0 Å². The van der Waals surface area contributed by atoms with Crippen LogP contribution in [0.5, 0.6) is 0 Å². The summed E-state index contributed by atoms with van der Waals surface area (Å²) in [4.78, 5) is 25.1. The Morgan fingerprint density at radius 2 is 2.27 bits per heavy atom. The Morgan fingerprint density at radius 1 is 1.50 bits per heavy atom. The zero-order valence-electron chi connectivity index (χ0n) is 12.2. The highest BCUT2D eigenvalue weighted by Crippen LogP contribution is 2.25. The summed E-state index contributed by atoms with van der Waals surface area (Å²) in [5.74, 6) is -0.597. The molecule has 1 atom stereocenters. The van der Waals surface area contributed by atoms with E-state index in [0.29, 0.717) is 13.1 Å². The summed E-state index contributed by atoms with van der Waals surface area (Å²) in [6.45, 7) is 1.18. The maximum atomic E-state index is 13.7. The molecular formula is C15H17ClFNO3S. The predicted molar refractivity (Wildman–Crippen MR) is 84.6 cm³/mol.